The molecule has 8 rings (SSSR count). The maximum Gasteiger partial charge on any atom is 0.255 e. The largest absolute Gasteiger partial charge is 0.455 e. The molecule has 0 saturated heterocycles. The highest BCUT2D eigenvalue weighted by molar-refractivity contribution is 6.28. The molecule has 1 heterocycles. The molecule has 0 bridgehead atoms. The van der Waals surface area contributed by atoms with Gasteiger partial charge in [0.1, 0.15) is 11.3 Å². The molecule has 0 radical (unpaired) electrons. The number of rotatable bonds is 7. The van der Waals surface area contributed by atoms with Crippen molar-refractivity contribution in [3.63, 3.8) is 0 Å². The molecular formula is C41H28N4O3. The highest BCUT2D eigenvalue weighted by atomic mass is 16.5. The normalized spacial score (nSPS) is 11.6. The van der Waals surface area contributed by atoms with E-state index in [1.54, 1.807) is 12.1 Å². The van der Waals surface area contributed by atoms with Crippen molar-refractivity contribution in [2.24, 2.45) is 0 Å². The van der Waals surface area contributed by atoms with Gasteiger partial charge in [-0.05, 0) is 55.5 Å². The molecular weight excluding hydrogens is 596 g/mol. The van der Waals surface area contributed by atoms with Crippen molar-refractivity contribution in [2.75, 3.05) is 10.6 Å². The van der Waals surface area contributed by atoms with E-state index < -0.39 is 0 Å². The number of ether oxygens (including phenoxy) is 1. The molecule has 48 heavy (non-hydrogen) atoms. The van der Waals surface area contributed by atoms with E-state index in [2.05, 4.69) is 10.6 Å². The molecule has 1 amide bonds. The molecule has 7 aromatic rings. The van der Waals surface area contributed by atoms with E-state index in [9.17, 15) is 9.59 Å². The first-order valence-corrected chi connectivity index (χ1v) is 15.6. The lowest BCUT2D eigenvalue weighted by atomic mass is 9.85. The molecule has 1 aromatic heterocycles. The number of carbonyl (C=O) groups is 2. The monoisotopic (exact) mass is 624 g/mol. The molecule has 7 nitrogen and oxygen atoms in total. The molecule has 0 saturated carbocycles. The van der Waals surface area contributed by atoms with Gasteiger partial charge < -0.3 is 15.4 Å². The fourth-order valence-corrected chi connectivity index (χ4v) is 6.01. The number of hydrogen-bond donors (Lipinski definition) is 2. The smallest absolute Gasteiger partial charge is 0.255 e. The number of nitrogens with zero attached hydrogens (tertiary/aromatic N) is 2. The predicted octanol–water partition coefficient (Wildman–Crippen LogP) is 9.60. The number of benzene rings is 6. The fourth-order valence-electron chi connectivity index (χ4n) is 6.01. The van der Waals surface area contributed by atoms with Gasteiger partial charge in [0.2, 0.25) is 0 Å². The Labute approximate surface area is 276 Å². The molecule has 1 aliphatic carbocycles. The maximum atomic E-state index is 14.3. The second-order valence-electron chi connectivity index (χ2n) is 11.6. The quantitative estimate of drug-likeness (QED) is 0.183. The zero-order valence-electron chi connectivity index (χ0n) is 25.9. The van der Waals surface area contributed by atoms with Gasteiger partial charge in [0.15, 0.2) is 17.4 Å². The van der Waals surface area contributed by atoms with Gasteiger partial charge in [0.05, 0.1) is 22.6 Å². The highest BCUT2D eigenvalue weighted by Gasteiger charge is 2.32. The van der Waals surface area contributed by atoms with Gasteiger partial charge in [-0.25, -0.2) is 9.97 Å². The molecule has 1 aliphatic rings. The van der Waals surface area contributed by atoms with E-state index in [0.29, 0.717) is 73.1 Å². The summed E-state index contributed by atoms with van der Waals surface area (Å²) in [7, 11) is 0. The van der Waals surface area contributed by atoms with Crippen LogP contribution in [0.1, 0.15) is 31.8 Å². The molecule has 0 atom stereocenters. The van der Waals surface area contributed by atoms with Crippen LogP contribution in [0.2, 0.25) is 0 Å². The van der Waals surface area contributed by atoms with Gasteiger partial charge in [-0.3, -0.25) is 9.59 Å². The lowest BCUT2D eigenvalue weighted by Gasteiger charge is -2.24. The lowest BCUT2D eigenvalue weighted by molar-refractivity contribution is 0.102. The lowest BCUT2D eigenvalue weighted by Crippen LogP contribution is -2.15. The Balaban J connectivity index is 1.38. The molecule has 0 fully saturated rings. The molecule has 7 heteroatoms. The summed E-state index contributed by atoms with van der Waals surface area (Å²) in [5, 5.41) is 7.10. The second-order valence-corrected chi connectivity index (χ2v) is 11.6. The fraction of sp³-hybridized carbons (Fsp3) is 0.0244. The minimum Gasteiger partial charge on any atom is -0.455 e. The predicted molar refractivity (Wildman–Crippen MR) is 189 cm³/mol. The average Bonchev–Trinajstić information content (AvgIpc) is 3.13. The number of anilines is 3. The Morgan fingerprint density at radius 1 is 0.667 bits per heavy atom. The number of aromatic nitrogens is 2. The zero-order chi connectivity index (χ0) is 32.6. The van der Waals surface area contributed by atoms with Crippen LogP contribution in [0, 0.1) is 6.92 Å². The Morgan fingerprint density at radius 3 is 2.06 bits per heavy atom. The number of amides is 1. The number of hydrogen-bond acceptors (Lipinski definition) is 6. The van der Waals surface area contributed by atoms with Crippen LogP contribution in [0.25, 0.3) is 33.5 Å². The van der Waals surface area contributed by atoms with Crippen molar-refractivity contribution in [1.29, 1.82) is 0 Å². The third-order valence-electron chi connectivity index (χ3n) is 8.34. The SMILES string of the molecule is Cc1ccc(Oc2cc(Nc3ccccc3)c3c4c(nc(-c5ccccc5NC(=O)c5ccccc5)nc24)-c2ccccc2C3=O)cc1. The summed E-state index contributed by atoms with van der Waals surface area (Å²) in [6.45, 7) is 2.02. The van der Waals surface area contributed by atoms with Crippen molar-refractivity contribution in [1.82, 2.24) is 9.97 Å². The van der Waals surface area contributed by atoms with E-state index in [0.717, 1.165) is 11.3 Å². The second kappa shape index (κ2) is 12.0. The number of ketones is 1. The van der Waals surface area contributed by atoms with Crippen LogP contribution in [-0.4, -0.2) is 21.7 Å². The van der Waals surface area contributed by atoms with Crippen LogP contribution in [0.4, 0.5) is 17.1 Å². The van der Waals surface area contributed by atoms with Gasteiger partial charge in [-0.15, -0.1) is 0 Å². The van der Waals surface area contributed by atoms with Crippen LogP contribution < -0.4 is 15.4 Å². The summed E-state index contributed by atoms with van der Waals surface area (Å²) >= 11 is 0. The topological polar surface area (TPSA) is 93.2 Å². The van der Waals surface area contributed by atoms with E-state index in [1.165, 1.54) is 0 Å². The minimum atomic E-state index is -0.247. The Bertz CT molecular complexity index is 2360. The molecule has 230 valence electrons. The van der Waals surface area contributed by atoms with E-state index in [4.69, 9.17) is 14.7 Å². The van der Waals surface area contributed by atoms with Gasteiger partial charge in [0.25, 0.3) is 5.91 Å². The minimum absolute atomic E-state index is 0.129. The Morgan fingerprint density at radius 2 is 1.31 bits per heavy atom. The van der Waals surface area contributed by atoms with Crippen molar-refractivity contribution >= 4 is 39.7 Å². The van der Waals surface area contributed by atoms with Crippen LogP contribution in [0.5, 0.6) is 11.5 Å². The number of carbonyl (C=O) groups excluding carboxylic acids is 2. The Hall–Kier alpha value is -6.60. The van der Waals surface area contributed by atoms with E-state index in [-0.39, 0.29) is 11.7 Å². The number of para-hydroxylation sites is 2. The summed E-state index contributed by atoms with van der Waals surface area (Å²) in [5.41, 5.74) is 7.04. The number of aryl methyl sites for hydroxylation is 1. The third kappa shape index (κ3) is 5.23. The van der Waals surface area contributed by atoms with Gasteiger partial charge >= 0.3 is 0 Å². The summed E-state index contributed by atoms with van der Waals surface area (Å²) < 4.78 is 6.56. The molecule has 0 spiro atoms. The molecule has 0 aliphatic heterocycles. The van der Waals surface area contributed by atoms with Crippen molar-refractivity contribution in [3.05, 3.63) is 162 Å². The number of nitrogens with one attached hydrogen (secondary N) is 2. The van der Waals surface area contributed by atoms with Gasteiger partial charge in [0, 0.05) is 39.4 Å². The van der Waals surface area contributed by atoms with E-state index in [1.807, 2.05) is 134 Å². The Kier molecular flexibility index (Phi) is 7.19. The third-order valence-corrected chi connectivity index (χ3v) is 8.34. The van der Waals surface area contributed by atoms with Gasteiger partial charge in [-0.2, -0.15) is 0 Å². The number of fused-ring (bicyclic) bond motifs is 2. The summed E-state index contributed by atoms with van der Waals surface area (Å²) in [5.74, 6) is 1.09. The summed E-state index contributed by atoms with van der Waals surface area (Å²) in [4.78, 5) is 37.8. The maximum absolute atomic E-state index is 14.3. The van der Waals surface area contributed by atoms with Crippen LogP contribution >= 0.6 is 0 Å². The standard InChI is InChI=1S/C41H28N4O3/c1-25-20-22-28(23-21-25)48-34-24-33(42-27-14-6-3-7-15-27)35-36-37(29-16-8-9-17-30(29)39(35)46)44-40(45-38(34)36)31-18-10-11-19-32(31)43-41(47)26-12-4-2-5-13-26/h2-24,42H,1H3,(H,43,47). The van der Waals surface area contributed by atoms with Crippen molar-refractivity contribution < 1.29 is 14.3 Å². The van der Waals surface area contributed by atoms with Crippen LogP contribution in [0.15, 0.2) is 140 Å². The zero-order valence-corrected chi connectivity index (χ0v) is 25.9. The van der Waals surface area contributed by atoms with Crippen molar-refractivity contribution in [3.8, 4) is 34.1 Å². The summed E-state index contributed by atoms with van der Waals surface area (Å²) in [6.07, 6.45) is 0. The van der Waals surface area contributed by atoms with E-state index >= 15 is 0 Å². The van der Waals surface area contributed by atoms with Crippen LogP contribution in [-0.2, 0) is 0 Å². The molecule has 2 N–H and O–H groups in total. The average molecular weight is 625 g/mol. The first-order valence-electron chi connectivity index (χ1n) is 15.6. The van der Waals surface area contributed by atoms with Crippen LogP contribution in [0.3, 0.4) is 0 Å². The highest BCUT2D eigenvalue weighted by Crippen LogP contribution is 2.46. The van der Waals surface area contributed by atoms with Crippen molar-refractivity contribution in [2.45, 2.75) is 6.92 Å². The molecule has 6 aromatic carbocycles. The summed E-state index contributed by atoms with van der Waals surface area (Å²) in [6, 6.07) is 43.3. The van der Waals surface area contributed by atoms with Gasteiger partial charge in [-0.1, -0.05) is 90.5 Å². The molecule has 0 unspecified atom stereocenters. The first kappa shape index (κ1) is 28.8. The first-order chi connectivity index (χ1) is 23.5.